The number of aliphatic carboxylic acids is 1. The molecule has 0 saturated carbocycles. The van der Waals surface area contributed by atoms with Crippen molar-refractivity contribution in [2.75, 3.05) is 7.11 Å². The van der Waals surface area contributed by atoms with Gasteiger partial charge in [0.15, 0.2) is 0 Å². The van der Waals surface area contributed by atoms with Gasteiger partial charge in [-0.15, -0.1) is 0 Å². The van der Waals surface area contributed by atoms with Crippen molar-refractivity contribution in [3.8, 4) is 22.6 Å². The van der Waals surface area contributed by atoms with E-state index >= 15 is 0 Å². The summed E-state index contributed by atoms with van der Waals surface area (Å²) in [4.78, 5) is 10.9. The smallest absolute Gasteiger partial charge is 0.306 e. The molecule has 0 fully saturated rings. The average Bonchev–Trinajstić information content (AvgIpc) is 3.21. The molecule has 1 aliphatic rings. The fourth-order valence-electron chi connectivity index (χ4n) is 4.70. The number of carboxylic acid groups (broad SMARTS) is 1. The van der Waals surface area contributed by atoms with E-state index in [1.54, 1.807) is 43.5 Å². The molecule has 0 aliphatic heterocycles. The van der Waals surface area contributed by atoms with Crippen molar-refractivity contribution in [1.82, 2.24) is 0 Å². The number of allylic oxidation sites excluding steroid dienone is 2. The Balaban J connectivity index is 1.66. The van der Waals surface area contributed by atoms with Gasteiger partial charge in [0.25, 0.3) is 0 Å². The minimum Gasteiger partial charge on any atom is -0.497 e. The van der Waals surface area contributed by atoms with Gasteiger partial charge >= 0.3 is 5.97 Å². The van der Waals surface area contributed by atoms with E-state index in [2.05, 4.69) is 26.0 Å². The van der Waals surface area contributed by atoms with Crippen LogP contribution in [0.25, 0.3) is 16.7 Å². The van der Waals surface area contributed by atoms with E-state index in [1.165, 1.54) is 11.6 Å². The molecule has 0 spiro atoms. The Hall–Kier alpha value is -3.64. The van der Waals surface area contributed by atoms with Crippen LogP contribution in [-0.4, -0.2) is 23.3 Å². The van der Waals surface area contributed by atoms with Crippen LogP contribution in [0.1, 0.15) is 55.9 Å². The first-order valence-corrected chi connectivity index (χ1v) is 12.0. The zero-order valence-electron chi connectivity index (χ0n) is 20.8. The second kappa shape index (κ2) is 10.5. The molecular weight excluding hydrogens is 459 g/mol. The first kappa shape index (κ1) is 25.5. The molecule has 1 atom stereocenters. The van der Waals surface area contributed by atoms with Gasteiger partial charge in [-0.2, -0.15) is 0 Å². The standard InChI is InChI=1S/C30H31FO5/c1-30(2)13-5-8-26(30)24-14-19(9-11-23(24)25-16-21(35-3)10-12-27(25)31)18-36-22-7-4-6-20(15-22)28(32)17-29(33)34/h4,6-12,14-16,28,32H,5,13,17-18H2,1-3H3,(H,33,34)/t28-/m1/s1. The highest BCUT2D eigenvalue weighted by Crippen LogP contribution is 2.47. The van der Waals surface area contributed by atoms with Crippen molar-refractivity contribution in [2.45, 2.75) is 45.8 Å². The third-order valence-corrected chi connectivity index (χ3v) is 6.70. The molecule has 188 valence electrons. The summed E-state index contributed by atoms with van der Waals surface area (Å²) in [5, 5.41) is 19.1. The maximum Gasteiger partial charge on any atom is 0.306 e. The van der Waals surface area contributed by atoms with Crippen molar-refractivity contribution in [1.29, 1.82) is 0 Å². The van der Waals surface area contributed by atoms with E-state index in [4.69, 9.17) is 14.6 Å². The molecule has 2 N–H and O–H groups in total. The number of rotatable bonds is 9. The third-order valence-electron chi connectivity index (χ3n) is 6.70. The third kappa shape index (κ3) is 5.60. The largest absolute Gasteiger partial charge is 0.497 e. The lowest BCUT2D eigenvalue weighted by molar-refractivity contribution is -0.139. The van der Waals surface area contributed by atoms with Crippen molar-refractivity contribution in [3.05, 3.63) is 89.2 Å². The normalized spacial score (nSPS) is 15.3. The minimum atomic E-state index is -1.11. The van der Waals surface area contributed by atoms with Crippen LogP contribution in [0.15, 0.2) is 66.7 Å². The van der Waals surface area contributed by atoms with Gasteiger partial charge in [-0.1, -0.05) is 44.2 Å². The molecule has 0 saturated heterocycles. The molecule has 0 amide bonds. The Morgan fingerprint density at radius 3 is 2.53 bits per heavy atom. The zero-order valence-corrected chi connectivity index (χ0v) is 20.8. The van der Waals surface area contributed by atoms with E-state index in [0.717, 1.165) is 29.5 Å². The van der Waals surface area contributed by atoms with Crippen molar-refractivity contribution in [3.63, 3.8) is 0 Å². The summed E-state index contributed by atoms with van der Waals surface area (Å²) in [5.74, 6) is -0.261. The van der Waals surface area contributed by atoms with Gasteiger partial charge in [-0.25, -0.2) is 4.39 Å². The summed E-state index contributed by atoms with van der Waals surface area (Å²) in [6.45, 7) is 4.67. The predicted octanol–water partition coefficient (Wildman–Crippen LogP) is 6.79. The van der Waals surface area contributed by atoms with E-state index in [1.807, 2.05) is 12.1 Å². The first-order chi connectivity index (χ1) is 17.2. The molecule has 0 unspecified atom stereocenters. The number of halogens is 1. The van der Waals surface area contributed by atoms with Crippen molar-refractivity contribution < 1.29 is 28.9 Å². The lowest BCUT2D eigenvalue weighted by Crippen LogP contribution is -2.10. The Bertz CT molecular complexity index is 1290. The number of methoxy groups -OCH3 is 1. The highest BCUT2D eigenvalue weighted by Gasteiger charge is 2.30. The Labute approximate surface area is 210 Å². The molecule has 6 heteroatoms. The van der Waals surface area contributed by atoms with Gasteiger partial charge in [0, 0.05) is 5.56 Å². The van der Waals surface area contributed by atoms with E-state index in [-0.39, 0.29) is 24.3 Å². The van der Waals surface area contributed by atoms with E-state index in [0.29, 0.717) is 22.6 Å². The second-order valence-corrected chi connectivity index (χ2v) is 9.74. The minimum absolute atomic E-state index is 0.0435. The van der Waals surface area contributed by atoms with Crippen LogP contribution < -0.4 is 9.47 Å². The van der Waals surface area contributed by atoms with Gasteiger partial charge in [-0.05, 0) is 82.5 Å². The molecular formula is C30H31FO5. The number of hydrogen-bond acceptors (Lipinski definition) is 4. The van der Waals surface area contributed by atoms with Crippen LogP contribution in [0.2, 0.25) is 0 Å². The van der Waals surface area contributed by atoms with Crippen molar-refractivity contribution >= 4 is 11.5 Å². The number of carbonyl (C=O) groups is 1. The second-order valence-electron chi connectivity index (χ2n) is 9.74. The Morgan fingerprint density at radius 2 is 1.83 bits per heavy atom. The fourth-order valence-corrected chi connectivity index (χ4v) is 4.70. The summed E-state index contributed by atoms with van der Waals surface area (Å²) in [6, 6.07) is 17.5. The molecule has 36 heavy (non-hydrogen) atoms. The van der Waals surface area contributed by atoms with Gasteiger partial charge in [0.2, 0.25) is 0 Å². The fraction of sp³-hybridized carbons (Fsp3) is 0.300. The number of aliphatic hydroxyl groups is 1. The lowest BCUT2D eigenvalue weighted by atomic mass is 9.79. The number of hydrogen-bond donors (Lipinski definition) is 2. The van der Waals surface area contributed by atoms with Crippen LogP contribution >= 0.6 is 0 Å². The summed E-state index contributed by atoms with van der Waals surface area (Å²) < 4.78 is 26.3. The highest BCUT2D eigenvalue weighted by atomic mass is 19.1. The summed E-state index contributed by atoms with van der Waals surface area (Å²) in [5.41, 5.74) is 4.79. The van der Waals surface area contributed by atoms with Gasteiger partial charge in [0.05, 0.1) is 19.6 Å². The average molecular weight is 491 g/mol. The van der Waals surface area contributed by atoms with Crippen LogP contribution in [-0.2, 0) is 11.4 Å². The van der Waals surface area contributed by atoms with Crippen LogP contribution in [0.4, 0.5) is 4.39 Å². The van der Waals surface area contributed by atoms with Gasteiger partial charge < -0.3 is 19.7 Å². The molecule has 3 aromatic rings. The number of benzene rings is 3. The van der Waals surface area contributed by atoms with Gasteiger partial charge in [0.1, 0.15) is 23.9 Å². The quantitative estimate of drug-likeness (QED) is 0.345. The topological polar surface area (TPSA) is 76.0 Å². The summed E-state index contributed by atoms with van der Waals surface area (Å²) in [7, 11) is 1.57. The summed E-state index contributed by atoms with van der Waals surface area (Å²) in [6.07, 6.45) is 2.74. The molecule has 0 aromatic heterocycles. The van der Waals surface area contributed by atoms with Crippen LogP contribution in [0, 0.1) is 11.2 Å². The summed E-state index contributed by atoms with van der Waals surface area (Å²) >= 11 is 0. The molecule has 3 aromatic carbocycles. The first-order valence-electron chi connectivity index (χ1n) is 12.0. The molecule has 5 nitrogen and oxygen atoms in total. The molecule has 0 radical (unpaired) electrons. The monoisotopic (exact) mass is 490 g/mol. The van der Waals surface area contributed by atoms with Gasteiger partial charge in [-0.3, -0.25) is 4.79 Å². The number of ether oxygens (including phenoxy) is 2. The Morgan fingerprint density at radius 1 is 1.03 bits per heavy atom. The van der Waals surface area contributed by atoms with E-state index < -0.39 is 12.1 Å². The number of carboxylic acids is 1. The highest BCUT2D eigenvalue weighted by molar-refractivity contribution is 5.85. The molecule has 0 bridgehead atoms. The lowest BCUT2D eigenvalue weighted by Gasteiger charge is -2.25. The van der Waals surface area contributed by atoms with Crippen LogP contribution in [0.5, 0.6) is 11.5 Å². The molecule has 4 rings (SSSR count). The predicted molar refractivity (Wildman–Crippen MR) is 137 cm³/mol. The zero-order chi connectivity index (χ0) is 25.9. The maximum absolute atomic E-state index is 14.9. The Kier molecular flexibility index (Phi) is 7.45. The maximum atomic E-state index is 14.9. The SMILES string of the molecule is COc1ccc(F)c(-c2ccc(COc3cccc([C@H](O)CC(=O)O)c3)cc2C2=CCCC2(C)C)c1. The van der Waals surface area contributed by atoms with Crippen molar-refractivity contribution in [2.24, 2.45) is 5.41 Å². The van der Waals surface area contributed by atoms with Crippen LogP contribution in [0.3, 0.4) is 0 Å². The molecule has 1 aliphatic carbocycles. The van der Waals surface area contributed by atoms with E-state index in [9.17, 15) is 14.3 Å². The number of aliphatic hydroxyl groups excluding tert-OH is 1. The molecule has 0 heterocycles.